The molecule has 2 aromatic heterocycles. The molecule has 0 spiro atoms. The number of ketones is 1. The van der Waals surface area contributed by atoms with Gasteiger partial charge in [0, 0.05) is 35.3 Å². The summed E-state index contributed by atoms with van der Waals surface area (Å²) in [6.45, 7) is 1.43. The number of halogens is 3. The van der Waals surface area contributed by atoms with Gasteiger partial charge in [0.1, 0.15) is 0 Å². The minimum atomic E-state index is -4.64. The maximum Gasteiger partial charge on any atom is 0.435 e. The van der Waals surface area contributed by atoms with Crippen LogP contribution in [0.2, 0.25) is 0 Å². The molecule has 36 heavy (non-hydrogen) atoms. The van der Waals surface area contributed by atoms with Crippen LogP contribution in [0.1, 0.15) is 28.5 Å². The number of hydrogen-bond acceptors (Lipinski definition) is 6. The molecule has 2 N–H and O–H groups in total. The van der Waals surface area contributed by atoms with Gasteiger partial charge in [0.2, 0.25) is 5.95 Å². The summed E-state index contributed by atoms with van der Waals surface area (Å²) < 4.78 is 40.6. The Morgan fingerprint density at radius 2 is 1.86 bits per heavy atom. The topological polar surface area (TPSA) is 110 Å². The summed E-state index contributed by atoms with van der Waals surface area (Å²) >= 11 is 0. The number of Topliss-reactive ketones (excluding diaryl/α,β-unsaturated/α-hetero) is 1. The predicted octanol–water partition coefficient (Wildman–Crippen LogP) is 5.39. The van der Waals surface area contributed by atoms with Crippen LogP contribution < -0.4 is 5.32 Å². The average Bonchev–Trinajstić information content (AvgIpc) is 3.34. The van der Waals surface area contributed by atoms with Gasteiger partial charge >= 0.3 is 12.1 Å². The van der Waals surface area contributed by atoms with Crippen LogP contribution in [0, 0.1) is 0 Å². The summed E-state index contributed by atoms with van der Waals surface area (Å²) in [6.07, 6.45) is 0.285. The third kappa shape index (κ3) is 5.63. The van der Waals surface area contributed by atoms with E-state index in [-0.39, 0.29) is 17.5 Å². The first-order chi connectivity index (χ1) is 17.1. The van der Waals surface area contributed by atoms with Gasteiger partial charge in [0.05, 0.1) is 0 Å². The van der Waals surface area contributed by atoms with Crippen molar-refractivity contribution in [3.63, 3.8) is 0 Å². The van der Waals surface area contributed by atoms with Gasteiger partial charge in [-0.15, -0.1) is 0 Å². The number of carboxylic acids is 1. The molecule has 182 valence electrons. The highest BCUT2D eigenvalue weighted by atomic mass is 19.4. The molecule has 0 unspecified atom stereocenters. The molecule has 4 rings (SSSR count). The van der Waals surface area contributed by atoms with E-state index in [2.05, 4.69) is 20.4 Å². The van der Waals surface area contributed by atoms with Crippen molar-refractivity contribution in [1.29, 1.82) is 0 Å². The summed E-state index contributed by atoms with van der Waals surface area (Å²) in [5, 5.41) is 15.5. The third-order valence-corrected chi connectivity index (χ3v) is 5.01. The molecule has 11 heteroatoms. The fourth-order valence-electron chi connectivity index (χ4n) is 3.33. The minimum Gasteiger partial charge on any atom is -0.478 e. The van der Waals surface area contributed by atoms with Crippen LogP contribution in [0.5, 0.6) is 0 Å². The number of rotatable bonds is 7. The first kappa shape index (κ1) is 24.3. The Kier molecular flexibility index (Phi) is 6.64. The van der Waals surface area contributed by atoms with Gasteiger partial charge in [-0.25, -0.2) is 14.5 Å². The summed E-state index contributed by atoms with van der Waals surface area (Å²) in [5.74, 6) is -1.13. The van der Waals surface area contributed by atoms with Crippen molar-refractivity contribution in [2.45, 2.75) is 13.1 Å². The van der Waals surface area contributed by atoms with Crippen LogP contribution >= 0.6 is 0 Å². The number of aromatic nitrogens is 4. The van der Waals surface area contributed by atoms with E-state index in [1.807, 2.05) is 0 Å². The van der Waals surface area contributed by atoms with Crippen LogP contribution in [0.15, 0.2) is 73.1 Å². The zero-order chi connectivity index (χ0) is 25.9. The van der Waals surface area contributed by atoms with Crippen molar-refractivity contribution in [1.82, 2.24) is 19.7 Å². The van der Waals surface area contributed by atoms with E-state index in [1.54, 1.807) is 48.5 Å². The molecule has 0 aliphatic carbocycles. The molecule has 0 amide bonds. The number of aliphatic carboxylic acids is 1. The van der Waals surface area contributed by atoms with Crippen molar-refractivity contribution in [3.8, 4) is 16.9 Å². The summed E-state index contributed by atoms with van der Waals surface area (Å²) in [4.78, 5) is 31.2. The summed E-state index contributed by atoms with van der Waals surface area (Å²) in [7, 11) is 0. The number of anilines is 2. The second-order valence-corrected chi connectivity index (χ2v) is 7.63. The highest BCUT2D eigenvalue weighted by Crippen LogP contribution is 2.31. The van der Waals surface area contributed by atoms with Gasteiger partial charge in [0.25, 0.3) is 0 Å². The van der Waals surface area contributed by atoms with E-state index in [9.17, 15) is 22.8 Å². The Hall–Kier alpha value is -4.80. The van der Waals surface area contributed by atoms with Crippen LogP contribution in [0.3, 0.4) is 0 Å². The third-order valence-electron chi connectivity index (χ3n) is 5.01. The Morgan fingerprint density at radius 3 is 2.56 bits per heavy atom. The SMILES string of the molecule is CC(=O)c1cccc(Nc2ncc(-c3cccc(C=CC(=O)O)c3)c(-n3ccc(C(F)(F)F)n3)n2)c1. The smallest absolute Gasteiger partial charge is 0.435 e. The van der Waals surface area contributed by atoms with Crippen molar-refractivity contribution < 1.29 is 27.9 Å². The van der Waals surface area contributed by atoms with Crippen molar-refractivity contribution >= 4 is 29.5 Å². The Morgan fingerprint density at radius 1 is 1.08 bits per heavy atom. The van der Waals surface area contributed by atoms with E-state index in [0.29, 0.717) is 27.9 Å². The van der Waals surface area contributed by atoms with Crippen LogP contribution in [0.4, 0.5) is 24.8 Å². The Balaban J connectivity index is 1.80. The first-order valence-corrected chi connectivity index (χ1v) is 10.5. The summed E-state index contributed by atoms with van der Waals surface area (Å²) in [6, 6.07) is 14.1. The highest BCUT2D eigenvalue weighted by Gasteiger charge is 2.34. The molecule has 0 radical (unpaired) electrons. The Bertz CT molecular complexity index is 1480. The second kappa shape index (κ2) is 9.82. The van der Waals surface area contributed by atoms with Crippen LogP contribution in [0.25, 0.3) is 23.0 Å². The number of carbonyl (C=O) groups is 2. The molecule has 0 saturated carbocycles. The van der Waals surface area contributed by atoms with Crippen LogP contribution in [-0.2, 0) is 11.0 Å². The molecule has 0 saturated heterocycles. The standard InChI is InChI=1S/C25H18F3N5O3/c1-15(34)17-5-3-7-19(13-17)30-24-29-14-20(18-6-2-4-16(12-18)8-9-22(35)36)23(31-24)33-11-10-21(32-33)25(26,27)28/h2-14H,1H3,(H,35,36)(H,29,30,31). The van der Waals surface area contributed by atoms with E-state index >= 15 is 0 Å². The monoisotopic (exact) mass is 493 g/mol. The van der Waals surface area contributed by atoms with E-state index < -0.39 is 17.8 Å². The molecule has 8 nitrogen and oxygen atoms in total. The maximum atomic E-state index is 13.2. The molecule has 4 aromatic rings. The zero-order valence-corrected chi connectivity index (χ0v) is 18.7. The fourth-order valence-corrected chi connectivity index (χ4v) is 3.33. The summed E-state index contributed by atoms with van der Waals surface area (Å²) in [5.41, 5.74) is 1.34. The van der Waals surface area contributed by atoms with E-state index in [4.69, 9.17) is 5.11 Å². The lowest BCUT2D eigenvalue weighted by molar-refractivity contribution is -0.141. The normalized spacial score (nSPS) is 11.6. The van der Waals surface area contributed by atoms with Gasteiger partial charge in [-0.05, 0) is 48.4 Å². The second-order valence-electron chi connectivity index (χ2n) is 7.63. The Labute approximate surface area is 202 Å². The van der Waals surface area contributed by atoms with Crippen molar-refractivity contribution in [2.24, 2.45) is 0 Å². The predicted molar refractivity (Wildman–Crippen MR) is 126 cm³/mol. The number of hydrogen-bond donors (Lipinski definition) is 2. The lowest BCUT2D eigenvalue weighted by atomic mass is 10.0. The van der Waals surface area contributed by atoms with E-state index in [1.165, 1.54) is 19.2 Å². The number of benzene rings is 2. The fraction of sp³-hybridized carbons (Fsp3) is 0.0800. The lowest BCUT2D eigenvalue weighted by Gasteiger charge is -2.13. The number of carboxylic acid groups (broad SMARTS) is 1. The molecule has 2 aromatic carbocycles. The lowest BCUT2D eigenvalue weighted by Crippen LogP contribution is -2.10. The quantitative estimate of drug-likeness (QED) is 0.262. The van der Waals surface area contributed by atoms with Gasteiger partial charge in [0.15, 0.2) is 17.3 Å². The molecule has 0 fully saturated rings. The van der Waals surface area contributed by atoms with Gasteiger partial charge in [-0.1, -0.05) is 30.3 Å². The van der Waals surface area contributed by atoms with E-state index in [0.717, 1.165) is 23.0 Å². The van der Waals surface area contributed by atoms with Gasteiger partial charge in [-0.3, -0.25) is 4.79 Å². The maximum absolute atomic E-state index is 13.2. The molecule has 0 atom stereocenters. The molecule has 0 aliphatic heterocycles. The first-order valence-electron chi connectivity index (χ1n) is 10.5. The van der Waals surface area contributed by atoms with Gasteiger partial charge < -0.3 is 10.4 Å². The van der Waals surface area contributed by atoms with Crippen molar-refractivity contribution in [3.05, 3.63) is 89.9 Å². The van der Waals surface area contributed by atoms with Crippen LogP contribution in [-0.4, -0.2) is 36.6 Å². The average molecular weight is 493 g/mol. The zero-order valence-electron chi connectivity index (χ0n) is 18.7. The molecular weight excluding hydrogens is 475 g/mol. The van der Waals surface area contributed by atoms with Crippen molar-refractivity contribution in [2.75, 3.05) is 5.32 Å². The number of alkyl halides is 3. The van der Waals surface area contributed by atoms with Gasteiger partial charge in [-0.2, -0.15) is 23.3 Å². The molecule has 0 bridgehead atoms. The molecule has 2 heterocycles. The number of carbonyl (C=O) groups excluding carboxylic acids is 1. The number of nitrogens with zero attached hydrogens (tertiary/aromatic N) is 4. The molecule has 0 aliphatic rings. The number of nitrogens with one attached hydrogen (secondary N) is 1. The largest absolute Gasteiger partial charge is 0.478 e. The molecular formula is C25H18F3N5O3. The highest BCUT2D eigenvalue weighted by molar-refractivity contribution is 5.95. The minimum absolute atomic E-state index is 0.0603.